The first-order valence-electron chi connectivity index (χ1n) is 9.08. The minimum atomic E-state index is -0.409. The quantitative estimate of drug-likeness (QED) is 0.519. The Morgan fingerprint density at radius 3 is 2.86 bits per heavy atom. The topological polar surface area (TPSA) is 100 Å². The summed E-state index contributed by atoms with van der Waals surface area (Å²) in [4.78, 5) is 12.6. The van der Waals surface area contributed by atoms with Gasteiger partial charge in [0.05, 0.1) is 18.4 Å². The molecule has 0 atom stereocenters. The third-order valence-corrected chi connectivity index (χ3v) is 4.52. The van der Waals surface area contributed by atoms with Crippen molar-refractivity contribution in [1.82, 2.24) is 24.7 Å². The number of nitrogens with one attached hydrogen (secondary N) is 1. The van der Waals surface area contributed by atoms with Crippen molar-refractivity contribution in [1.29, 1.82) is 0 Å². The summed E-state index contributed by atoms with van der Waals surface area (Å²) in [6, 6.07) is 10.7. The highest BCUT2D eigenvalue weighted by molar-refractivity contribution is 6.03. The summed E-state index contributed by atoms with van der Waals surface area (Å²) < 4.78 is 14.6. The number of aryl methyl sites for hydroxylation is 1. The zero-order valence-corrected chi connectivity index (χ0v) is 16.1. The van der Waals surface area contributed by atoms with Crippen molar-refractivity contribution in [2.24, 2.45) is 7.05 Å². The molecule has 0 radical (unpaired) electrons. The van der Waals surface area contributed by atoms with E-state index in [1.807, 2.05) is 38.4 Å². The normalized spacial score (nSPS) is 10.8. The van der Waals surface area contributed by atoms with Gasteiger partial charge in [-0.1, -0.05) is 17.3 Å². The monoisotopic (exact) mass is 392 g/mol. The Balaban J connectivity index is 1.44. The van der Waals surface area contributed by atoms with E-state index in [4.69, 9.17) is 9.26 Å². The van der Waals surface area contributed by atoms with E-state index in [0.29, 0.717) is 30.3 Å². The molecule has 3 heterocycles. The first kappa shape index (κ1) is 18.5. The van der Waals surface area contributed by atoms with Crippen LogP contribution in [0.15, 0.2) is 59.5 Å². The largest absolute Gasteiger partial charge is 0.489 e. The maximum absolute atomic E-state index is 12.6. The molecule has 9 heteroatoms. The molecule has 1 aromatic carbocycles. The van der Waals surface area contributed by atoms with Gasteiger partial charge in [0, 0.05) is 36.8 Å². The van der Waals surface area contributed by atoms with Gasteiger partial charge in [0.15, 0.2) is 0 Å². The molecule has 4 rings (SSSR count). The Morgan fingerprint density at radius 1 is 1.24 bits per heavy atom. The molecule has 0 bridgehead atoms. The molecule has 4 aromatic rings. The van der Waals surface area contributed by atoms with Crippen molar-refractivity contribution >= 4 is 11.6 Å². The first-order valence-corrected chi connectivity index (χ1v) is 9.08. The first-order chi connectivity index (χ1) is 14.1. The van der Waals surface area contributed by atoms with E-state index in [9.17, 15) is 4.79 Å². The van der Waals surface area contributed by atoms with E-state index < -0.39 is 5.91 Å². The van der Waals surface area contributed by atoms with Crippen LogP contribution in [-0.4, -0.2) is 37.2 Å². The molecule has 3 aromatic heterocycles. The Hall–Kier alpha value is -3.88. The lowest BCUT2D eigenvalue weighted by Crippen LogP contribution is -2.13. The number of aromatic nitrogens is 5. The summed E-state index contributed by atoms with van der Waals surface area (Å²) in [6.07, 6.45) is 5.27. The van der Waals surface area contributed by atoms with Gasteiger partial charge < -0.3 is 14.6 Å². The van der Waals surface area contributed by atoms with Crippen LogP contribution in [0.2, 0.25) is 0 Å². The number of benzene rings is 1. The van der Waals surface area contributed by atoms with Crippen LogP contribution < -0.4 is 10.1 Å². The van der Waals surface area contributed by atoms with Crippen LogP contribution in [-0.2, 0) is 13.6 Å². The fourth-order valence-corrected chi connectivity index (χ4v) is 2.82. The number of ether oxygens (including phenoxy) is 1. The molecule has 0 spiro atoms. The highest BCUT2D eigenvalue weighted by Crippen LogP contribution is 2.26. The van der Waals surface area contributed by atoms with Crippen LogP contribution in [0.4, 0.5) is 5.69 Å². The third kappa shape index (κ3) is 4.03. The van der Waals surface area contributed by atoms with Crippen molar-refractivity contribution < 1.29 is 14.1 Å². The molecule has 0 unspecified atom stereocenters. The lowest BCUT2D eigenvalue weighted by molar-refractivity contribution is 0.0987. The molecule has 0 saturated carbocycles. The number of carbonyl (C=O) groups is 1. The van der Waals surface area contributed by atoms with Gasteiger partial charge in [0.1, 0.15) is 18.1 Å². The van der Waals surface area contributed by atoms with E-state index in [1.54, 1.807) is 40.0 Å². The minimum absolute atomic E-state index is 0.106. The summed E-state index contributed by atoms with van der Waals surface area (Å²) >= 11 is 0. The van der Waals surface area contributed by atoms with Crippen LogP contribution in [0.1, 0.15) is 16.2 Å². The summed E-state index contributed by atoms with van der Waals surface area (Å²) in [5.74, 6) is 0.263. The van der Waals surface area contributed by atoms with E-state index in [0.717, 1.165) is 11.3 Å². The van der Waals surface area contributed by atoms with Crippen molar-refractivity contribution in [2.75, 3.05) is 11.9 Å². The number of hydrogen-bond acceptors (Lipinski definition) is 6. The highest BCUT2D eigenvalue weighted by atomic mass is 16.5. The molecular formula is C20H20N6O3. The average Bonchev–Trinajstić information content (AvgIpc) is 3.46. The molecule has 1 N–H and O–H groups in total. The van der Waals surface area contributed by atoms with Gasteiger partial charge >= 0.3 is 0 Å². The third-order valence-electron chi connectivity index (χ3n) is 4.52. The number of anilines is 1. The van der Waals surface area contributed by atoms with Crippen LogP contribution in [0.5, 0.6) is 5.75 Å². The molecule has 0 fully saturated rings. The van der Waals surface area contributed by atoms with Gasteiger partial charge in [-0.2, -0.15) is 10.2 Å². The van der Waals surface area contributed by atoms with Crippen LogP contribution in [0, 0.1) is 6.92 Å². The Bertz CT molecular complexity index is 1110. The van der Waals surface area contributed by atoms with Gasteiger partial charge in [-0.05, 0) is 25.1 Å². The standard InChI is InChI=1S/C20H20N6O3/c1-14-15(13-22-25(14)2)17-12-19(29-24-17)20(27)23-16-6-3-4-7-18(16)28-11-10-26-9-5-8-21-26/h3-9,12-13H,10-11H2,1-2H3,(H,23,27). The summed E-state index contributed by atoms with van der Waals surface area (Å²) in [5.41, 5.74) is 2.86. The number of nitrogens with zero attached hydrogens (tertiary/aromatic N) is 5. The fraction of sp³-hybridized carbons (Fsp3) is 0.200. The van der Waals surface area contributed by atoms with Gasteiger partial charge in [-0.25, -0.2) is 0 Å². The highest BCUT2D eigenvalue weighted by Gasteiger charge is 2.18. The average molecular weight is 392 g/mol. The number of rotatable bonds is 7. The SMILES string of the molecule is Cc1c(-c2cc(C(=O)Nc3ccccc3OCCn3cccn3)on2)cnn1C. The van der Waals surface area contributed by atoms with Crippen LogP contribution in [0.25, 0.3) is 11.3 Å². The van der Waals surface area contributed by atoms with Crippen LogP contribution in [0.3, 0.4) is 0 Å². The number of amides is 1. The smallest absolute Gasteiger partial charge is 0.294 e. The second kappa shape index (κ2) is 8.01. The van der Waals surface area contributed by atoms with Gasteiger partial charge in [-0.15, -0.1) is 0 Å². The van der Waals surface area contributed by atoms with Crippen molar-refractivity contribution in [2.45, 2.75) is 13.5 Å². The Labute approximate surface area is 166 Å². The van der Waals surface area contributed by atoms with Crippen molar-refractivity contribution in [3.63, 3.8) is 0 Å². The van der Waals surface area contributed by atoms with Crippen molar-refractivity contribution in [3.8, 4) is 17.0 Å². The van der Waals surface area contributed by atoms with Gasteiger partial charge in [0.2, 0.25) is 5.76 Å². The predicted molar refractivity (Wildman–Crippen MR) is 106 cm³/mol. The number of carbonyl (C=O) groups excluding carboxylic acids is 1. The Kier molecular flexibility index (Phi) is 5.10. The fourth-order valence-electron chi connectivity index (χ4n) is 2.82. The minimum Gasteiger partial charge on any atom is -0.489 e. The summed E-state index contributed by atoms with van der Waals surface area (Å²) in [6.45, 7) is 2.94. The van der Waals surface area contributed by atoms with Crippen molar-refractivity contribution in [3.05, 3.63) is 66.4 Å². The maximum atomic E-state index is 12.6. The molecule has 29 heavy (non-hydrogen) atoms. The molecule has 0 aliphatic carbocycles. The lowest BCUT2D eigenvalue weighted by atomic mass is 10.2. The predicted octanol–water partition coefficient (Wildman–Crippen LogP) is 2.91. The van der Waals surface area contributed by atoms with E-state index in [1.165, 1.54) is 0 Å². The zero-order chi connectivity index (χ0) is 20.2. The second-order valence-corrected chi connectivity index (χ2v) is 6.41. The molecular weight excluding hydrogens is 372 g/mol. The van der Waals surface area contributed by atoms with E-state index in [-0.39, 0.29) is 5.76 Å². The molecule has 1 amide bonds. The van der Waals surface area contributed by atoms with Gasteiger partial charge in [-0.3, -0.25) is 14.2 Å². The van der Waals surface area contributed by atoms with Crippen LogP contribution >= 0.6 is 0 Å². The Morgan fingerprint density at radius 2 is 2.10 bits per heavy atom. The zero-order valence-electron chi connectivity index (χ0n) is 16.1. The lowest BCUT2D eigenvalue weighted by Gasteiger charge is -2.11. The molecule has 9 nitrogen and oxygen atoms in total. The number of hydrogen-bond donors (Lipinski definition) is 1. The molecule has 0 aliphatic rings. The van der Waals surface area contributed by atoms with E-state index >= 15 is 0 Å². The van der Waals surface area contributed by atoms with Gasteiger partial charge in [0.25, 0.3) is 5.91 Å². The number of para-hydroxylation sites is 2. The van der Waals surface area contributed by atoms with E-state index in [2.05, 4.69) is 20.7 Å². The second-order valence-electron chi connectivity index (χ2n) is 6.41. The summed E-state index contributed by atoms with van der Waals surface area (Å²) in [5, 5.41) is 15.1. The maximum Gasteiger partial charge on any atom is 0.294 e. The molecule has 0 saturated heterocycles. The molecule has 0 aliphatic heterocycles. The summed E-state index contributed by atoms with van der Waals surface area (Å²) in [7, 11) is 1.84. The molecule has 148 valence electrons.